The summed E-state index contributed by atoms with van der Waals surface area (Å²) in [5, 5.41) is 12.2. The molecule has 1 rings (SSSR count). The predicted octanol–water partition coefficient (Wildman–Crippen LogP) is 1.06. The summed E-state index contributed by atoms with van der Waals surface area (Å²) in [7, 11) is 0. The largest absolute Gasteiger partial charge is 0.381 e. The summed E-state index contributed by atoms with van der Waals surface area (Å²) in [4.78, 5) is 11.4. The van der Waals surface area contributed by atoms with Crippen LogP contribution in [0.1, 0.15) is 40.0 Å². The first-order valence-electron chi connectivity index (χ1n) is 4.94. The predicted molar refractivity (Wildman–Crippen MR) is 51.2 cm³/mol. The van der Waals surface area contributed by atoms with Crippen LogP contribution in [-0.2, 0) is 4.79 Å². The van der Waals surface area contributed by atoms with Crippen LogP contribution in [0.25, 0.3) is 0 Å². The molecule has 1 aliphatic carbocycles. The lowest BCUT2D eigenvalue weighted by atomic mass is 9.80. The number of carbonyl (C=O) groups is 1. The van der Waals surface area contributed by atoms with Crippen molar-refractivity contribution in [3.63, 3.8) is 0 Å². The molecule has 13 heavy (non-hydrogen) atoms. The van der Waals surface area contributed by atoms with Gasteiger partial charge < -0.3 is 10.4 Å². The number of carbonyl (C=O) groups excluding carboxylic acids is 1. The minimum absolute atomic E-state index is 0.202. The third-order valence-corrected chi connectivity index (χ3v) is 2.77. The van der Waals surface area contributed by atoms with Crippen LogP contribution in [0, 0.1) is 5.92 Å². The zero-order valence-corrected chi connectivity index (χ0v) is 8.63. The van der Waals surface area contributed by atoms with Crippen molar-refractivity contribution in [2.45, 2.75) is 51.7 Å². The molecule has 1 amide bonds. The highest BCUT2D eigenvalue weighted by atomic mass is 16.3. The van der Waals surface area contributed by atoms with E-state index in [1.165, 1.54) is 33.1 Å². The summed E-state index contributed by atoms with van der Waals surface area (Å²) in [5.41, 5.74) is -1.25. The van der Waals surface area contributed by atoms with E-state index in [0.29, 0.717) is 5.92 Å². The summed E-state index contributed by atoms with van der Waals surface area (Å²) >= 11 is 0. The Morgan fingerprint density at radius 3 is 2.38 bits per heavy atom. The molecule has 0 aliphatic heterocycles. The zero-order valence-electron chi connectivity index (χ0n) is 8.63. The van der Waals surface area contributed by atoms with Crippen molar-refractivity contribution in [3.05, 3.63) is 0 Å². The summed E-state index contributed by atoms with van der Waals surface area (Å²) in [6.07, 6.45) is 3.67. The molecule has 0 aromatic carbocycles. The first-order valence-corrected chi connectivity index (χ1v) is 4.94. The van der Waals surface area contributed by atoms with Gasteiger partial charge in [0, 0.05) is 6.04 Å². The molecule has 1 unspecified atom stereocenters. The standard InChI is InChI=1S/C10H19NO2/c1-7(8-5-4-6-8)11-9(12)10(2,3)13/h7-8,13H,4-6H2,1-3H3,(H,11,12). The van der Waals surface area contributed by atoms with E-state index in [-0.39, 0.29) is 11.9 Å². The lowest BCUT2D eigenvalue weighted by Gasteiger charge is -2.33. The molecule has 0 spiro atoms. The number of hydrogen-bond donors (Lipinski definition) is 2. The fourth-order valence-electron chi connectivity index (χ4n) is 1.44. The topological polar surface area (TPSA) is 49.3 Å². The molecule has 0 saturated heterocycles. The number of amides is 1. The van der Waals surface area contributed by atoms with E-state index in [0.717, 1.165) is 0 Å². The summed E-state index contributed by atoms with van der Waals surface area (Å²) < 4.78 is 0. The van der Waals surface area contributed by atoms with Gasteiger partial charge in [-0.15, -0.1) is 0 Å². The van der Waals surface area contributed by atoms with Crippen molar-refractivity contribution >= 4 is 5.91 Å². The number of hydrogen-bond acceptors (Lipinski definition) is 2. The molecule has 3 heteroatoms. The van der Waals surface area contributed by atoms with E-state index >= 15 is 0 Å². The van der Waals surface area contributed by atoms with Crippen LogP contribution in [0.4, 0.5) is 0 Å². The van der Waals surface area contributed by atoms with Gasteiger partial charge in [-0.1, -0.05) is 6.42 Å². The maximum Gasteiger partial charge on any atom is 0.251 e. The minimum Gasteiger partial charge on any atom is -0.381 e. The highest BCUT2D eigenvalue weighted by Crippen LogP contribution is 2.29. The molecule has 0 aromatic rings. The first kappa shape index (κ1) is 10.5. The molecule has 0 bridgehead atoms. The maximum atomic E-state index is 11.4. The van der Waals surface area contributed by atoms with Gasteiger partial charge in [-0.2, -0.15) is 0 Å². The quantitative estimate of drug-likeness (QED) is 0.690. The van der Waals surface area contributed by atoms with E-state index < -0.39 is 5.60 Å². The molecule has 0 aromatic heterocycles. The molecule has 1 atom stereocenters. The third-order valence-electron chi connectivity index (χ3n) is 2.77. The second-order valence-electron chi connectivity index (χ2n) is 4.51. The van der Waals surface area contributed by atoms with Crippen LogP contribution in [0.3, 0.4) is 0 Å². The third kappa shape index (κ3) is 2.69. The van der Waals surface area contributed by atoms with Crippen molar-refractivity contribution in [3.8, 4) is 0 Å². The summed E-state index contributed by atoms with van der Waals surface area (Å²) in [5.74, 6) is 0.346. The van der Waals surface area contributed by atoms with E-state index in [9.17, 15) is 9.90 Å². The number of nitrogens with one attached hydrogen (secondary N) is 1. The van der Waals surface area contributed by atoms with Crippen LogP contribution >= 0.6 is 0 Å². The van der Waals surface area contributed by atoms with Gasteiger partial charge in [0.1, 0.15) is 5.60 Å². The fourth-order valence-corrected chi connectivity index (χ4v) is 1.44. The van der Waals surface area contributed by atoms with Crippen molar-refractivity contribution in [1.82, 2.24) is 5.32 Å². The van der Waals surface area contributed by atoms with Crippen molar-refractivity contribution in [2.75, 3.05) is 0 Å². The molecule has 1 aliphatic rings. The molecule has 76 valence electrons. The molecule has 0 heterocycles. The molecular weight excluding hydrogens is 166 g/mol. The molecule has 1 fully saturated rings. The summed E-state index contributed by atoms with van der Waals surface area (Å²) in [6, 6.07) is 0.202. The van der Waals surface area contributed by atoms with Gasteiger partial charge in [0.25, 0.3) is 5.91 Å². The Labute approximate surface area is 79.5 Å². The Morgan fingerprint density at radius 2 is 2.08 bits per heavy atom. The Balaban J connectivity index is 2.35. The zero-order chi connectivity index (χ0) is 10.1. The molecular formula is C10H19NO2. The lowest BCUT2D eigenvalue weighted by Crippen LogP contribution is -2.49. The second kappa shape index (κ2) is 3.66. The SMILES string of the molecule is CC(NC(=O)C(C)(C)O)C1CCC1. The van der Waals surface area contributed by atoms with E-state index in [4.69, 9.17) is 0 Å². The average Bonchev–Trinajstić information content (AvgIpc) is 1.79. The Kier molecular flexibility index (Phi) is 2.96. The molecule has 3 nitrogen and oxygen atoms in total. The normalized spacial score (nSPS) is 20.6. The van der Waals surface area contributed by atoms with Gasteiger partial charge in [0.2, 0.25) is 0 Å². The van der Waals surface area contributed by atoms with Crippen LogP contribution in [-0.4, -0.2) is 22.7 Å². The molecule has 2 N–H and O–H groups in total. The van der Waals surface area contributed by atoms with Crippen molar-refractivity contribution < 1.29 is 9.90 Å². The van der Waals surface area contributed by atoms with Crippen LogP contribution in [0.2, 0.25) is 0 Å². The number of aliphatic hydroxyl groups is 1. The second-order valence-corrected chi connectivity index (χ2v) is 4.51. The van der Waals surface area contributed by atoms with Gasteiger partial charge in [-0.3, -0.25) is 4.79 Å². The van der Waals surface area contributed by atoms with E-state index in [2.05, 4.69) is 5.32 Å². The Bertz CT molecular complexity index is 192. The minimum atomic E-state index is -1.25. The highest BCUT2D eigenvalue weighted by Gasteiger charge is 2.29. The Hall–Kier alpha value is -0.570. The molecule has 1 saturated carbocycles. The van der Waals surface area contributed by atoms with Crippen LogP contribution < -0.4 is 5.32 Å². The van der Waals surface area contributed by atoms with Crippen LogP contribution in [0.15, 0.2) is 0 Å². The van der Waals surface area contributed by atoms with E-state index in [1.54, 1.807) is 0 Å². The Morgan fingerprint density at radius 1 is 1.54 bits per heavy atom. The van der Waals surface area contributed by atoms with Crippen molar-refractivity contribution in [2.24, 2.45) is 5.92 Å². The van der Waals surface area contributed by atoms with Crippen LogP contribution in [0.5, 0.6) is 0 Å². The maximum absolute atomic E-state index is 11.4. The molecule has 0 radical (unpaired) electrons. The smallest absolute Gasteiger partial charge is 0.251 e. The lowest BCUT2D eigenvalue weighted by molar-refractivity contribution is -0.137. The van der Waals surface area contributed by atoms with Gasteiger partial charge in [-0.25, -0.2) is 0 Å². The number of rotatable bonds is 3. The van der Waals surface area contributed by atoms with Gasteiger partial charge in [-0.05, 0) is 39.5 Å². The highest BCUT2D eigenvalue weighted by molar-refractivity contribution is 5.84. The van der Waals surface area contributed by atoms with Crippen molar-refractivity contribution in [1.29, 1.82) is 0 Å². The van der Waals surface area contributed by atoms with Gasteiger partial charge >= 0.3 is 0 Å². The average molecular weight is 185 g/mol. The monoisotopic (exact) mass is 185 g/mol. The first-order chi connectivity index (χ1) is 5.91. The summed E-state index contributed by atoms with van der Waals surface area (Å²) in [6.45, 7) is 5.03. The van der Waals surface area contributed by atoms with E-state index in [1.807, 2.05) is 6.92 Å². The van der Waals surface area contributed by atoms with Gasteiger partial charge in [0.15, 0.2) is 0 Å². The fraction of sp³-hybridized carbons (Fsp3) is 0.900. The van der Waals surface area contributed by atoms with Gasteiger partial charge in [0.05, 0.1) is 0 Å².